The van der Waals surface area contributed by atoms with E-state index in [0.717, 1.165) is 6.08 Å². The number of amides is 1. The highest BCUT2D eigenvalue weighted by molar-refractivity contribution is 9.09. The third-order valence-electron chi connectivity index (χ3n) is 0.453. The fourth-order valence-electron chi connectivity index (χ4n) is 0.160. The van der Waals surface area contributed by atoms with Crippen molar-refractivity contribution < 1.29 is 19.4 Å². The first-order valence-corrected chi connectivity index (χ1v) is 3.77. The number of carbonyl (C=O) groups excluding carboxylic acids is 1. The first-order chi connectivity index (χ1) is 5.40. The Morgan fingerprint density at radius 1 is 1.75 bits per heavy atom. The highest BCUT2D eigenvalue weighted by atomic mass is 79.9. The maximum Gasteiger partial charge on any atom is 0.405 e. The zero-order valence-electron chi connectivity index (χ0n) is 6.49. The zero-order chi connectivity index (χ0) is 10.1. The maximum absolute atomic E-state index is 9.78. The molecule has 70 valence electrons. The molecular formula is C6H10BrNO4. The second-order valence-electron chi connectivity index (χ2n) is 1.52. The summed E-state index contributed by atoms with van der Waals surface area (Å²) in [6.45, 7) is 4.62. The van der Waals surface area contributed by atoms with Crippen LogP contribution in [-0.2, 0) is 9.53 Å². The average molecular weight is 240 g/mol. The van der Waals surface area contributed by atoms with Crippen LogP contribution in [0.25, 0.3) is 0 Å². The number of aliphatic carboxylic acids is 1. The predicted octanol–water partition coefficient (Wildman–Crippen LogP) is 1.08. The first kappa shape index (κ1) is 13.5. The van der Waals surface area contributed by atoms with Crippen molar-refractivity contribution in [1.29, 1.82) is 0 Å². The Balaban J connectivity index is 0. The van der Waals surface area contributed by atoms with E-state index in [0.29, 0.717) is 0 Å². The molecule has 5 nitrogen and oxygen atoms in total. The van der Waals surface area contributed by atoms with Crippen LogP contribution in [0.4, 0.5) is 4.79 Å². The van der Waals surface area contributed by atoms with E-state index in [4.69, 9.17) is 5.11 Å². The molecule has 6 heteroatoms. The third kappa shape index (κ3) is 23.1. The smallest absolute Gasteiger partial charge is 0.405 e. The van der Waals surface area contributed by atoms with Crippen LogP contribution in [0.1, 0.15) is 6.92 Å². The second-order valence-corrected chi connectivity index (χ2v) is 2.81. The summed E-state index contributed by atoms with van der Waals surface area (Å²) in [5.41, 5.74) is 4.60. The number of nitrogens with two attached hydrogens (primary N) is 1. The minimum atomic E-state index is -0.981. The quantitative estimate of drug-likeness (QED) is 0.558. The molecule has 1 amide bonds. The van der Waals surface area contributed by atoms with E-state index in [-0.39, 0.29) is 5.01 Å². The van der Waals surface area contributed by atoms with Crippen LogP contribution in [0.15, 0.2) is 12.7 Å². The number of alkyl halides is 1. The molecular weight excluding hydrogens is 230 g/mol. The van der Waals surface area contributed by atoms with Crippen molar-refractivity contribution in [2.75, 3.05) is 0 Å². The van der Waals surface area contributed by atoms with Gasteiger partial charge in [0.2, 0.25) is 0 Å². The van der Waals surface area contributed by atoms with Gasteiger partial charge in [-0.1, -0.05) is 6.58 Å². The summed E-state index contributed by atoms with van der Waals surface area (Å²) in [6.07, 6.45) is 0.0735. The highest BCUT2D eigenvalue weighted by Crippen LogP contribution is 1.96. The van der Waals surface area contributed by atoms with Gasteiger partial charge in [-0.3, -0.25) is 0 Å². The average Bonchev–Trinajstić information content (AvgIpc) is 1.85. The number of hydrogen-bond donors (Lipinski definition) is 2. The molecule has 0 aromatic carbocycles. The number of primary amides is 1. The lowest BCUT2D eigenvalue weighted by Crippen LogP contribution is -2.15. The molecule has 0 aliphatic heterocycles. The van der Waals surface area contributed by atoms with Crippen LogP contribution in [0.3, 0.4) is 0 Å². The number of carboxylic acids is 1. The lowest BCUT2D eigenvalue weighted by atomic mass is 10.7. The Morgan fingerprint density at radius 2 is 2.08 bits per heavy atom. The SMILES string of the molecule is C=CC(=O)O.CC(Br)OC(N)=O. The molecule has 12 heavy (non-hydrogen) atoms. The normalized spacial score (nSPS) is 10.2. The van der Waals surface area contributed by atoms with E-state index >= 15 is 0 Å². The number of carbonyl (C=O) groups is 2. The van der Waals surface area contributed by atoms with E-state index in [1.807, 2.05) is 0 Å². The molecule has 1 atom stereocenters. The molecule has 0 aliphatic rings. The highest BCUT2D eigenvalue weighted by Gasteiger charge is 1.96. The number of ether oxygens (including phenoxy) is 1. The van der Waals surface area contributed by atoms with E-state index < -0.39 is 12.1 Å². The van der Waals surface area contributed by atoms with Crippen LogP contribution < -0.4 is 5.73 Å². The van der Waals surface area contributed by atoms with Crippen LogP contribution in [-0.4, -0.2) is 22.2 Å². The Hall–Kier alpha value is -1.04. The lowest BCUT2D eigenvalue weighted by molar-refractivity contribution is -0.131. The monoisotopic (exact) mass is 239 g/mol. The summed E-state index contributed by atoms with van der Waals surface area (Å²) in [5.74, 6) is -0.981. The number of hydrogen-bond acceptors (Lipinski definition) is 3. The van der Waals surface area contributed by atoms with Crippen LogP contribution in [0.2, 0.25) is 0 Å². The molecule has 0 fully saturated rings. The molecule has 3 N–H and O–H groups in total. The molecule has 0 spiro atoms. The van der Waals surface area contributed by atoms with Crippen LogP contribution in [0, 0.1) is 0 Å². The van der Waals surface area contributed by atoms with Crippen molar-refractivity contribution in [3.8, 4) is 0 Å². The summed E-state index contributed by atoms with van der Waals surface area (Å²) in [4.78, 5) is 19.0. The van der Waals surface area contributed by atoms with E-state index in [9.17, 15) is 9.59 Å². The fourth-order valence-corrected chi connectivity index (χ4v) is 0.344. The fraction of sp³-hybridized carbons (Fsp3) is 0.333. The minimum Gasteiger partial charge on any atom is -0.478 e. The summed E-state index contributed by atoms with van der Waals surface area (Å²) >= 11 is 2.95. The van der Waals surface area contributed by atoms with Gasteiger partial charge in [0, 0.05) is 6.08 Å². The summed E-state index contributed by atoms with van der Waals surface area (Å²) in [6, 6.07) is 0. The largest absolute Gasteiger partial charge is 0.478 e. The van der Waals surface area contributed by atoms with Gasteiger partial charge in [0.05, 0.1) is 0 Å². The Kier molecular flexibility index (Phi) is 9.10. The van der Waals surface area contributed by atoms with Crippen molar-refractivity contribution in [1.82, 2.24) is 0 Å². The van der Waals surface area contributed by atoms with Gasteiger partial charge in [0.15, 0.2) is 5.01 Å². The van der Waals surface area contributed by atoms with Crippen molar-refractivity contribution >= 4 is 28.0 Å². The van der Waals surface area contributed by atoms with Crippen molar-refractivity contribution in [3.63, 3.8) is 0 Å². The lowest BCUT2D eigenvalue weighted by Gasteiger charge is -1.99. The number of halogens is 1. The summed E-state index contributed by atoms with van der Waals surface area (Å²) in [7, 11) is 0. The Morgan fingerprint density at radius 3 is 2.08 bits per heavy atom. The molecule has 0 saturated heterocycles. The van der Waals surface area contributed by atoms with Crippen LogP contribution in [0.5, 0.6) is 0 Å². The zero-order valence-corrected chi connectivity index (χ0v) is 8.08. The van der Waals surface area contributed by atoms with Gasteiger partial charge in [-0.25, -0.2) is 9.59 Å². The van der Waals surface area contributed by atoms with Crippen molar-refractivity contribution in [2.24, 2.45) is 5.73 Å². The van der Waals surface area contributed by atoms with Gasteiger partial charge in [0.1, 0.15) is 0 Å². The number of carboxylic acid groups (broad SMARTS) is 1. The molecule has 0 bridgehead atoms. The summed E-state index contributed by atoms with van der Waals surface area (Å²) < 4.78 is 4.31. The molecule has 1 unspecified atom stereocenters. The topological polar surface area (TPSA) is 89.6 Å². The molecule has 0 saturated carbocycles. The van der Waals surface area contributed by atoms with E-state index in [1.54, 1.807) is 6.92 Å². The van der Waals surface area contributed by atoms with Gasteiger partial charge < -0.3 is 15.6 Å². The van der Waals surface area contributed by atoms with E-state index in [2.05, 4.69) is 33.0 Å². The van der Waals surface area contributed by atoms with Gasteiger partial charge in [-0.15, -0.1) is 0 Å². The molecule has 0 rings (SSSR count). The Labute approximate surface area is 78.3 Å². The Bertz CT molecular complexity index is 169. The molecule has 0 aromatic heterocycles. The van der Waals surface area contributed by atoms with E-state index in [1.165, 1.54) is 0 Å². The molecule has 0 radical (unpaired) electrons. The van der Waals surface area contributed by atoms with Gasteiger partial charge in [0.25, 0.3) is 0 Å². The van der Waals surface area contributed by atoms with Crippen molar-refractivity contribution in [2.45, 2.75) is 11.9 Å². The van der Waals surface area contributed by atoms with Gasteiger partial charge >= 0.3 is 12.1 Å². The standard InChI is InChI=1S/C3H6BrNO2.C3H4O2/c1-2(4)7-3(5)6;1-2-3(4)5/h2H,1H3,(H2,5,6);2H,1H2,(H,4,5). The van der Waals surface area contributed by atoms with Gasteiger partial charge in [-0.05, 0) is 22.9 Å². The minimum absolute atomic E-state index is 0.287. The first-order valence-electron chi connectivity index (χ1n) is 2.85. The number of rotatable bonds is 2. The van der Waals surface area contributed by atoms with Crippen molar-refractivity contribution in [3.05, 3.63) is 12.7 Å². The van der Waals surface area contributed by atoms with Gasteiger partial charge in [-0.2, -0.15) is 0 Å². The molecule has 0 heterocycles. The predicted molar refractivity (Wildman–Crippen MR) is 46.9 cm³/mol. The third-order valence-corrected chi connectivity index (χ3v) is 0.640. The second kappa shape index (κ2) is 8.06. The molecule has 0 aromatic rings. The summed E-state index contributed by atoms with van der Waals surface area (Å²) in [5, 5.41) is 7.32. The van der Waals surface area contributed by atoms with Crippen LogP contribution >= 0.6 is 15.9 Å². The molecule has 0 aliphatic carbocycles. The maximum atomic E-state index is 9.78.